The van der Waals surface area contributed by atoms with Crippen LogP contribution in [0.1, 0.15) is 24.1 Å². The number of benzene rings is 3. The number of rotatable bonds is 6. The van der Waals surface area contributed by atoms with Gasteiger partial charge in [-0.15, -0.1) is 5.10 Å². The third kappa shape index (κ3) is 5.29. The summed E-state index contributed by atoms with van der Waals surface area (Å²) in [7, 11) is 0. The maximum absolute atomic E-state index is 13.7. The van der Waals surface area contributed by atoms with Gasteiger partial charge >= 0.3 is 17.7 Å². The summed E-state index contributed by atoms with van der Waals surface area (Å²) in [4.78, 5) is 45.2. The molecule has 1 aliphatic rings. The molecule has 1 fully saturated rings. The molecule has 1 amide bonds. The molecule has 226 valence electrons. The molecule has 0 bridgehead atoms. The Kier molecular flexibility index (Phi) is 7.06. The standard InChI is InChI=1S/C32H29N9O4/c1-19-26-27(41(38-19)24-9-6-8-21(17-24)28-36-37-30(33)45-28)29(42)40(32(44)35-26)31(43)34-23-13-11-20(12-14-23)25-10-3-2-7-22(25)18-39-15-4-5-16-39/h2-3,6-14,17H,4-5,15-16,18H2,1H3,(H2,33,37)(H,34,43)(H,35,44). The van der Waals surface area contributed by atoms with Crippen LogP contribution in [0.2, 0.25) is 0 Å². The topological polar surface area (TPSA) is 170 Å². The number of aromatic amines is 1. The zero-order chi connectivity index (χ0) is 31.1. The van der Waals surface area contributed by atoms with Crippen LogP contribution in [0.15, 0.2) is 86.8 Å². The number of likely N-dealkylation sites (tertiary alicyclic amines) is 1. The quantitative estimate of drug-likeness (QED) is 0.253. The van der Waals surface area contributed by atoms with Gasteiger partial charge in [0.2, 0.25) is 5.89 Å². The lowest BCUT2D eigenvalue weighted by molar-refractivity contribution is 0.252. The summed E-state index contributed by atoms with van der Waals surface area (Å²) < 4.78 is 7.22. The summed E-state index contributed by atoms with van der Waals surface area (Å²) in [6, 6.07) is 21.5. The van der Waals surface area contributed by atoms with Gasteiger partial charge in [0.05, 0.1) is 16.9 Å². The number of H-pyrrole nitrogens is 1. The van der Waals surface area contributed by atoms with Gasteiger partial charge in [-0.3, -0.25) is 9.69 Å². The lowest BCUT2D eigenvalue weighted by atomic mass is 9.99. The van der Waals surface area contributed by atoms with E-state index in [9.17, 15) is 14.4 Å². The normalized spacial score (nSPS) is 13.4. The number of anilines is 2. The summed E-state index contributed by atoms with van der Waals surface area (Å²) >= 11 is 0. The van der Waals surface area contributed by atoms with E-state index < -0.39 is 17.3 Å². The van der Waals surface area contributed by atoms with Crippen molar-refractivity contribution in [3.8, 4) is 28.3 Å². The van der Waals surface area contributed by atoms with E-state index in [0.717, 1.165) is 30.8 Å². The zero-order valence-electron chi connectivity index (χ0n) is 24.4. The van der Waals surface area contributed by atoms with Crippen molar-refractivity contribution >= 4 is 28.8 Å². The third-order valence-corrected chi connectivity index (χ3v) is 7.94. The molecule has 13 heteroatoms. The van der Waals surface area contributed by atoms with Crippen molar-refractivity contribution in [2.75, 3.05) is 24.1 Å². The van der Waals surface area contributed by atoms with E-state index >= 15 is 0 Å². The number of hydrogen-bond acceptors (Lipinski definition) is 9. The summed E-state index contributed by atoms with van der Waals surface area (Å²) in [5.74, 6) is 0.189. The second-order valence-corrected chi connectivity index (χ2v) is 10.9. The van der Waals surface area contributed by atoms with E-state index in [0.29, 0.717) is 27.2 Å². The largest absolute Gasteiger partial charge is 0.404 e. The Labute approximate surface area is 255 Å². The number of nitrogens with zero attached hydrogens (tertiary/aromatic N) is 6. The highest BCUT2D eigenvalue weighted by Gasteiger charge is 2.22. The molecule has 0 spiro atoms. The molecule has 4 heterocycles. The Morgan fingerprint density at radius 1 is 0.978 bits per heavy atom. The molecule has 0 unspecified atom stereocenters. The smallest absolute Gasteiger partial charge is 0.337 e. The molecule has 7 rings (SSSR count). The molecule has 45 heavy (non-hydrogen) atoms. The van der Waals surface area contributed by atoms with Crippen LogP contribution in [0.5, 0.6) is 0 Å². The number of carbonyl (C=O) groups is 1. The Balaban J connectivity index is 1.19. The van der Waals surface area contributed by atoms with E-state index in [2.05, 4.69) is 42.6 Å². The lowest BCUT2D eigenvalue weighted by Gasteiger charge is -2.18. The second-order valence-electron chi connectivity index (χ2n) is 10.9. The fraction of sp³-hybridized carbons (Fsp3) is 0.188. The lowest BCUT2D eigenvalue weighted by Crippen LogP contribution is -2.42. The predicted octanol–water partition coefficient (Wildman–Crippen LogP) is 4.16. The number of hydrogen-bond donors (Lipinski definition) is 3. The monoisotopic (exact) mass is 603 g/mol. The Bertz CT molecular complexity index is 2170. The van der Waals surface area contributed by atoms with Gasteiger partial charge in [-0.1, -0.05) is 47.6 Å². The highest BCUT2D eigenvalue weighted by molar-refractivity contribution is 5.92. The highest BCUT2D eigenvalue weighted by Crippen LogP contribution is 2.28. The Morgan fingerprint density at radius 2 is 1.76 bits per heavy atom. The third-order valence-electron chi connectivity index (χ3n) is 7.94. The molecule has 3 aromatic carbocycles. The first-order valence-corrected chi connectivity index (χ1v) is 14.5. The Morgan fingerprint density at radius 3 is 2.51 bits per heavy atom. The van der Waals surface area contributed by atoms with Crippen molar-refractivity contribution in [2.24, 2.45) is 0 Å². The van der Waals surface area contributed by atoms with Gasteiger partial charge in [0.1, 0.15) is 0 Å². The number of carbonyl (C=O) groups excluding carboxylic acids is 1. The maximum atomic E-state index is 13.7. The molecule has 4 N–H and O–H groups in total. The molecule has 0 atom stereocenters. The van der Waals surface area contributed by atoms with E-state index in [1.165, 1.54) is 23.1 Å². The molecule has 0 radical (unpaired) electrons. The fourth-order valence-corrected chi connectivity index (χ4v) is 5.76. The van der Waals surface area contributed by atoms with Crippen molar-refractivity contribution in [2.45, 2.75) is 26.3 Å². The number of amides is 1. The van der Waals surface area contributed by atoms with Crippen molar-refractivity contribution in [3.63, 3.8) is 0 Å². The van der Waals surface area contributed by atoms with Gasteiger partial charge in [-0.05, 0) is 79.9 Å². The summed E-state index contributed by atoms with van der Waals surface area (Å²) in [6.07, 6.45) is 2.45. The van der Waals surface area contributed by atoms with E-state index in [-0.39, 0.29) is 22.9 Å². The van der Waals surface area contributed by atoms with Gasteiger partial charge < -0.3 is 20.5 Å². The number of aryl methyl sites for hydroxylation is 1. The van der Waals surface area contributed by atoms with Crippen LogP contribution >= 0.6 is 0 Å². The van der Waals surface area contributed by atoms with Gasteiger partial charge in [0.25, 0.3) is 5.56 Å². The molecule has 3 aromatic heterocycles. The number of nitrogen functional groups attached to an aromatic ring is 1. The average Bonchev–Trinajstić information content (AvgIpc) is 3.79. The molecule has 0 saturated carbocycles. The zero-order valence-corrected chi connectivity index (χ0v) is 24.4. The number of fused-ring (bicyclic) bond motifs is 1. The minimum absolute atomic E-state index is 0.0226. The highest BCUT2D eigenvalue weighted by atomic mass is 16.4. The first-order chi connectivity index (χ1) is 21.9. The van der Waals surface area contributed by atoms with Crippen molar-refractivity contribution in [1.82, 2.24) is 34.4 Å². The van der Waals surface area contributed by atoms with Crippen molar-refractivity contribution < 1.29 is 9.21 Å². The fourth-order valence-electron chi connectivity index (χ4n) is 5.76. The molecule has 0 aliphatic carbocycles. The SMILES string of the molecule is Cc1nn(-c2cccc(-c3nnc(N)o3)c2)c2c(=O)n(C(=O)Nc3ccc(-c4ccccc4CN4CCCC4)cc3)c(=O)[nH]c12. The van der Waals surface area contributed by atoms with Crippen LogP contribution in [0.3, 0.4) is 0 Å². The van der Waals surface area contributed by atoms with Gasteiger partial charge in [-0.2, -0.15) is 9.67 Å². The minimum Gasteiger partial charge on any atom is -0.404 e. The predicted molar refractivity (Wildman–Crippen MR) is 169 cm³/mol. The van der Waals surface area contributed by atoms with Crippen LogP contribution in [0.4, 0.5) is 16.5 Å². The van der Waals surface area contributed by atoms with E-state index in [1.54, 1.807) is 43.3 Å². The summed E-state index contributed by atoms with van der Waals surface area (Å²) in [5.41, 5.74) is 9.32. The van der Waals surface area contributed by atoms with E-state index in [4.69, 9.17) is 10.2 Å². The first kappa shape index (κ1) is 28.0. The average molecular weight is 604 g/mol. The van der Waals surface area contributed by atoms with Crippen LogP contribution in [-0.4, -0.2) is 53.5 Å². The minimum atomic E-state index is -0.897. The van der Waals surface area contributed by atoms with Gasteiger partial charge in [0, 0.05) is 17.8 Å². The van der Waals surface area contributed by atoms with Crippen LogP contribution in [0, 0.1) is 6.92 Å². The Hall–Kier alpha value is -5.82. The molecule has 6 aromatic rings. The molecular weight excluding hydrogens is 574 g/mol. The molecule has 1 saturated heterocycles. The van der Waals surface area contributed by atoms with Crippen molar-refractivity contribution in [3.05, 3.63) is 105 Å². The number of aromatic nitrogens is 6. The van der Waals surface area contributed by atoms with Crippen LogP contribution < -0.4 is 22.3 Å². The first-order valence-electron chi connectivity index (χ1n) is 14.5. The van der Waals surface area contributed by atoms with Gasteiger partial charge in [-0.25, -0.2) is 14.3 Å². The van der Waals surface area contributed by atoms with Crippen LogP contribution in [-0.2, 0) is 6.54 Å². The van der Waals surface area contributed by atoms with Crippen molar-refractivity contribution in [1.29, 1.82) is 0 Å². The molecule has 13 nitrogen and oxygen atoms in total. The van der Waals surface area contributed by atoms with E-state index in [1.807, 2.05) is 24.3 Å². The second kappa shape index (κ2) is 11.4. The summed E-state index contributed by atoms with van der Waals surface area (Å²) in [6.45, 7) is 4.75. The summed E-state index contributed by atoms with van der Waals surface area (Å²) in [5, 5.41) is 14.7. The molecular formula is C32H29N9O4. The maximum Gasteiger partial charge on any atom is 0.337 e. The number of nitrogens with two attached hydrogens (primary N) is 1. The molecule has 1 aliphatic heterocycles. The van der Waals surface area contributed by atoms with Crippen LogP contribution in [0.25, 0.3) is 39.3 Å². The van der Waals surface area contributed by atoms with Gasteiger partial charge in [0.15, 0.2) is 5.52 Å². The number of nitrogens with one attached hydrogen (secondary N) is 2.